The molecule has 0 aliphatic heterocycles. The van der Waals surface area contributed by atoms with E-state index in [1.807, 2.05) is 32.7 Å². The maximum atomic E-state index is 12.9. The topological polar surface area (TPSA) is 66.5 Å². The molecule has 0 atom stereocenters. The number of hydrogen-bond donors (Lipinski definition) is 1. The van der Waals surface area contributed by atoms with Crippen LogP contribution in [0.25, 0.3) is 0 Å². The van der Waals surface area contributed by atoms with Crippen LogP contribution in [0.3, 0.4) is 0 Å². The van der Waals surface area contributed by atoms with Gasteiger partial charge in [-0.3, -0.25) is 9.69 Å². The first-order valence-electron chi connectivity index (χ1n) is 10.1. The van der Waals surface area contributed by atoms with Crippen LogP contribution in [0.15, 0.2) is 29.2 Å². The molecule has 30 heavy (non-hydrogen) atoms. The molecule has 9 heteroatoms. The maximum absolute atomic E-state index is 12.9. The third-order valence-corrected chi connectivity index (χ3v) is 7.21. The number of carbonyl (C=O) groups is 1. The standard InChI is InChI=1S/C21H31F3N2O3S/c1-20(2,3)25-19(27)13-26(4)17-10-8-15(9-11-17)14-30(28,29)18-7-5-6-16(12-18)21(22,23)24/h5-7,12,15,17H,8-11,13-14H2,1-4H3,(H,25,27). The molecule has 0 unspecified atom stereocenters. The Labute approximate surface area is 176 Å². The molecule has 2 rings (SSSR count). The minimum absolute atomic E-state index is 0.0563. The number of nitrogens with zero attached hydrogens (tertiary/aromatic N) is 1. The normalized spacial score (nSPS) is 20.9. The second kappa shape index (κ2) is 9.26. The number of alkyl halides is 3. The zero-order valence-corrected chi connectivity index (χ0v) is 18.7. The van der Waals surface area contributed by atoms with E-state index in [0.717, 1.165) is 25.0 Å². The molecular formula is C21H31F3N2O3S. The van der Waals surface area contributed by atoms with Gasteiger partial charge in [0.2, 0.25) is 5.91 Å². The molecule has 1 amide bonds. The summed E-state index contributed by atoms with van der Waals surface area (Å²) < 4.78 is 63.9. The van der Waals surface area contributed by atoms with Crippen molar-refractivity contribution in [2.45, 2.75) is 69.1 Å². The number of sulfone groups is 1. The number of likely N-dealkylation sites (N-methyl/N-ethyl adjacent to an activating group) is 1. The number of nitrogens with one attached hydrogen (secondary N) is 1. The van der Waals surface area contributed by atoms with E-state index < -0.39 is 21.6 Å². The molecule has 1 aromatic carbocycles. The highest BCUT2D eigenvalue weighted by Gasteiger charge is 2.33. The number of benzene rings is 1. The quantitative estimate of drug-likeness (QED) is 0.717. The molecule has 0 bridgehead atoms. The van der Waals surface area contributed by atoms with Crippen LogP contribution in [0, 0.1) is 5.92 Å². The van der Waals surface area contributed by atoms with E-state index in [1.54, 1.807) is 0 Å². The fourth-order valence-corrected chi connectivity index (χ4v) is 5.58. The van der Waals surface area contributed by atoms with Crippen LogP contribution in [0.5, 0.6) is 0 Å². The molecule has 1 N–H and O–H groups in total. The molecule has 0 aromatic heterocycles. The van der Waals surface area contributed by atoms with Gasteiger partial charge in [-0.15, -0.1) is 0 Å². The number of carbonyl (C=O) groups excluding carboxylic acids is 1. The van der Waals surface area contributed by atoms with Gasteiger partial charge in [-0.1, -0.05) is 6.07 Å². The fourth-order valence-electron chi connectivity index (χ4n) is 3.84. The first kappa shape index (κ1) is 24.7. The zero-order chi connectivity index (χ0) is 22.7. The van der Waals surface area contributed by atoms with Crippen molar-refractivity contribution in [3.8, 4) is 0 Å². The summed E-state index contributed by atoms with van der Waals surface area (Å²) in [7, 11) is -1.92. The second-order valence-electron chi connectivity index (χ2n) is 9.19. The van der Waals surface area contributed by atoms with Crippen LogP contribution in [0.2, 0.25) is 0 Å². The van der Waals surface area contributed by atoms with Crippen molar-refractivity contribution in [3.63, 3.8) is 0 Å². The van der Waals surface area contributed by atoms with E-state index in [0.29, 0.717) is 18.9 Å². The fraction of sp³-hybridized carbons (Fsp3) is 0.667. The lowest BCUT2D eigenvalue weighted by molar-refractivity contribution is -0.137. The monoisotopic (exact) mass is 448 g/mol. The van der Waals surface area contributed by atoms with Crippen LogP contribution in [-0.4, -0.2) is 50.2 Å². The van der Waals surface area contributed by atoms with Gasteiger partial charge in [0.15, 0.2) is 9.84 Å². The van der Waals surface area contributed by atoms with Crippen LogP contribution in [-0.2, 0) is 20.8 Å². The number of hydrogen-bond acceptors (Lipinski definition) is 4. The Morgan fingerprint density at radius 2 is 1.73 bits per heavy atom. The SMILES string of the molecule is CN(CC(=O)NC(C)(C)C)C1CCC(CS(=O)(=O)c2cccc(C(F)(F)F)c2)CC1. The van der Waals surface area contributed by atoms with Gasteiger partial charge in [-0.05, 0) is 77.6 Å². The highest BCUT2D eigenvalue weighted by Crippen LogP contribution is 2.33. The molecule has 5 nitrogen and oxygen atoms in total. The van der Waals surface area contributed by atoms with Gasteiger partial charge in [0, 0.05) is 11.6 Å². The van der Waals surface area contributed by atoms with Crippen LogP contribution >= 0.6 is 0 Å². The molecule has 0 radical (unpaired) electrons. The minimum atomic E-state index is -4.58. The first-order chi connectivity index (χ1) is 13.7. The smallest absolute Gasteiger partial charge is 0.350 e. The average Bonchev–Trinajstić information content (AvgIpc) is 2.59. The van der Waals surface area contributed by atoms with Crippen molar-refractivity contribution in [3.05, 3.63) is 29.8 Å². The zero-order valence-electron chi connectivity index (χ0n) is 17.9. The van der Waals surface area contributed by atoms with Gasteiger partial charge in [-0.25, -0.2) is 8.42 Å². The number of rotatable bonds is 6. The Bertz CT molecular complexity index is 840. The van der Waals surface area contributed by atoms with Crippen molar-refractivity contribution in [1.29, 1.82) is 0 Å². The van der Waals surface area contributed by atoms with E-state index in [9.17, 15) is 26.4 Å². The Morgan fingerprint density at radius 3 is 2.27 bits per heavy atom. The highest BCUT2D eigenvalue weighted by molar-refractivity contribution is 7.91. The second-order valence-corrected chi connectivity index (χ2v) is 11.2. The van der Waals surface area contributed by atoms with Gasteiger partial charge in [0.05, 0.1) is 22.8 Å². The van der Waals surface area contributed by atoms with Gasteiger partial charge in [-0.2, -0.15) is 13.2 Å². The Balaban J connectivity index is 1.92. The molecule has 0 spiro atoms. The van der Waals surface area contributed by atoms with Crippen molar-refractivity contribution in [1.82, 2.24) is 10.2 Å². The lowest BCUT2D eigenvalue weighted by atomic mass is 9.86. The first-order valence-corrected chi connectivity index (χ1v) is 11.7. The van der Waals surface area contributed by atoms with Gasteiger partial charge < -0.3 is 5.32 Å². The van der Waals surface area contributed by atoms with Crippen molar-refractivity contribution in [2.75, 3.05) is 19.3 Å². The summed E-state index contributed by atoms with van der Waals surface area (Å²) >= 11 is 0. The molecule has 1 aliphatic carbocycles. The molecule has 1 aromatic rings. The number of halogens is 3. The summed E-state index contributed by atoms with van der Waals surface area (Å²) in [5.41, 5.74) is -1.25. The van der Waals surface area contributed by atoms with Crippen LogP contribution in [0.1, 0.15) is 52.0 Å². The Hall–Kier alpha value is -1.61. The lowest BCUT2D eigenvalue weighted by Gasteiger charge is -2.34. The van der Waals surface area contributed by atoms with Crippen molar-refractivity contribution >= 4 is 15.7 Å². The van der Waals surface area contributed by atoms with Crippen LogP contribution in [0.4, 0.5) is 13.2 Å². The Morgan fingerprint density at radius 1 is 1.13 bits per heavy atom. The summed E-state index contributed by atoms with van der Waals surface area (Å²) in [5, 5.41) is 2.92. The third kappa shape index (κ3) is 7.27. The van der Waals surface area contributed by atoms with Gasteiger partial charge >= 0.3 is 6.18 Å². The minimum Gasteiger partial charge on any atom is -0.350 e. The average molecular weight is 449 g/mol. The third-order valence-electron chi connectivity index (χ3n) is 5.32. The Kier molecular flexibility index (Phi) is 7.61. The van der Waals surface area contributed by atoms with E-state index in [-0.39, 0.29) is 40.6 Å². The predicted octanol–water partition coefficient (Wildman–Crippen LogP) is 3.88. The molecular weight excluding hydrogens is 417 g/mol. The highest BCUT2D eigenvalue weighted by atomic mass is 32.2. The predicted molar refractivity (Wildman–Crippen MR) is 110 cm³/mol. The largest absolute Gasteiger partial charge is 0.416 e. The summed E-state index contributed by atoms with van der Waals surface area (Å²) in [4.78, 5) is 13.8. The molecule has 0 saturated heterocycles. The van der Waals surface area contributed by atoms with Gasteiger partial charge in [0.25, 0.3) is 0 Å². The molecule has 170 valence electrons. The molecule has 1 saturated carbocycles. The number of amides is 1. The van der Waals surface area contributed by atoms with E-state index in [4.69, 9.17) is 0 Å². The van der Waals surface area contributed by atoms with E-state index >= 15 is 0 Å². The molecule has 1 fully saturated rings. The van der Waals surface area contributed by atoms with Crippen molar-refractivity contribution in [2.24, 2.45) is 5.92 Å². The maximum Gasteiger partial charge on any atom is 0.416 e. The van der Waals surface area contributed by atoms with Crippen LogP contribution < -0.4 is 5.32 Å². The molecule has 1 aliphatic rings. The molecule has 0 heterocycles. The van der Waals surface area contributed by atoms with Gasteiger partial charge in [0.1, 0.15) is 0 Å². The summed E-state index contributed by atoms with van der Waals surface area (Å²) in [6.07, 6.45) is -1.75. The van der Waals surface area contributed by atoms with E-state index in [2.05, 4.69) is 5.32 Å². The summed E-state index contributed by atoms with van der Waals surface area (Å²) in [6, 6.07) is 4.11. The van der Waals surface area contributed by atoms with Crippen molar-refractivity contribution < 1.29 is 26.4 Å². The summed E-state index contributed by atoms with van der Waals surface area (Å²) in [5.74, 6) is -0.313. The summed E-state index contributed by atoms with van der Waals surface area (Å²) in [6.45, 7) is 6.03. The van der Waals surface area contributed by atoms with E-state index in [1.165, 1.54) is 6.07 Å². The lowest BCUT2D eigenvalue weighted by Crippen LogP contribution is -2.47.